The van der Waals surface area contributed by atoms with Gasteiger partial charge in [-0.05, 0) is 40.2 Å². The van der Waals surface area contributed by atoms with Gasteiger partial charge >= 0.3 is 5.97 Å². The van der Waals surface area contributed by atoms with Crippen LogP contribution in [0.15, 0.2) is 41.0 Å². The fourth-order valence-corrected chi connectivity index (χ4v) is 2.13. The number of carbonyl (C=O) groups is 1. The van der Waals surface area contributed by atoms with Gasteiger partial charge in [0.25, 0.3) is 0 Å². The molecule has 2 rings (SSSR count). The van der Waals surface area contributed by atoms with Crippen LogP contribution in [0.2, 0.25) is 0 Å². The van der Waals surface area contributed by atoms with Crippen LogP contribution >= 0.6 is 15.9 Å². The van der Waals surface area contributed by atoms with Gasteiger partial charge in [-0.1, -0.05) is 6.07 Å². The van der Waals surface area contributed by atoms with Crippen LogP contribution in [-0.2, 0) is 4.74 Å². The zero-order valence-electron chi connectivity index (χ0n) is 9.55. The third-order valence-corrected chi connectivity index (χ3v) is 3.17. The summed E-state index contributed by atoms with van der Waals surface area (Å²) in [6, 6.07) is 10.9. The van der Waals surface area contributed by atoms with E-state index in [-0.39, 0.29) is 0 Å². The van der Waals surface area contributed by atoms with Crippen molar-refractivity contribution in [1.29, 1.82) is 5.26 Å². The third-order valence-electron chi connectivity index (χ3n) is 2.51. The van der Waals surface area contributed by atoms with E-state index in [4.69, 9.17) is 4.74 Å². The maximum absolute atomic E-state index is 11.6. The van der Waals surface area contributed by atoms with E-state index in [2.05, 4.69) is 22.0 Å². The lowest BCUT2D eigenvalue weighted by molar-refractivity contribution is 0.0591. The Morgan fingerprint density at radius 3 is 2.83 bits per heavy atom. The van der Waals surface area contributed by atoms with Gasteiger partial charge in [-0.3, -0.25) is 0 Å². The molecule has 1 aromatic carbocycles. The average Bonchev–Trinajstić information content (AvgIpc) is 2.86. The summed E-state index contributed by atoms with van der Waals surface area (Å²) in [7, 11) is 1.33. The highest BCUT2D eigenvalue weighted by molar-refractivity contribution is 9.10. The molecule has 2 aromatic rings. The summed E-state index contributed by atoms with van der Waals surface area (Å²) >= 11 is 3.32. The Hall–Kier alpha value is -2.06. The second-order valence-electron chi connectivity index (χ2n) is 3.50. The standard InChI is InChI=1S/C13H9BrN2O2/c1-18-13(17)12-6-3-7-16(12)11-5-2-4-10(14)9(11)8-15/h2-7H,1H3. The molecule has 0 aliphatic carbocycles. The molecule has 0 aliphatic heterocycles. The highest BCUT2D eigenvalue weighted by Crippen LogP contribution is 2.24. The fourth-order valence-electron chi connectivity index (χ4n) is 1.69. The maximum Gasteiger partial charge on any atom is 0.355 e. The fraction of sp³-hybridized carbons (Fsp3) is 0.0769. The van der Waals surface area contributed by atoms with Crippen LogP contribution in [0.25, 0.3) is 5.69 Å². The van der Waals surface area contributed by atoms with E-state index in [0.29, 0.717) is 21.4 Å². The summed E-state index contributed by atoms with van der Waals surface area (Å²) < 4.78 is 7.03. The SMILES string of the molecule is COC(=O)c1cccn1-c1cccc(Br)c1C#N. The van der Waals surface area contributed by atoms with Crippen LogP contribution < -0.4 is 0 Å². The van der Waals surface area contributed by atoms with E-state index in [1.54, 1.807) is 41.1 Å². The minimum absolute atomic E-state index is 0.382. The van der Waals surface area contributed by atoms with Crippen molar-refractivity contribution in [3.05, 3.63) is 52.3 Å². The van der Waals surface area contributed by atoms with Crippen molar-refractivity contribution >= 4 is 21.9 Å². The molecule has 0 unspecified atom stereocenters. The normalized spacial score (nSPS) is 9.83. The molecule has 0 spiro atoms. The highest BCUT2D eigenvalue weighted by atomic mass is 79.9. The Kier molecular flexibility index (Phi) is 3.49. The Bertz CT molecular complexity index is 641. The van der Waals surface area contributed by atoms with Crippen molar-refractivity contribution in [1.82, 2.24) is 4.57 Å². The topological polar surface area (TPSA) is 55.0 Å². The van der Waals surface area contributed by atoms with Crippen LogP contribution in [0.3, 0.4) is 0 Å². The number of carbonyl (C=O) groups excluding carboxylic acids is 1. The lowest BCUT2D eigenvalue weighted by Gasteiger charge is -2.10. The smallest absolute Gasteiger partial charge is 0.355 e. The molecule has 0 bridgehead atoms. The lowest BCUT2D eigenvalue weighted by atomic mass is 10.2. The lowest BCUT2D eigenvalue weighted by Crippen LogP contribution is -2.09. The van der Waals surface area contributed by atoms with E-state index in [9.17, 15) is 10.1 Å². The Balaban J connectivity index is 2.64. The van der Waals surface area contributed by atoms with Crippen molar-refractivity contribution in [3.8, 4) is 11.8 Å². The molecular weight excluding hydrogens is 296 g/mol. The summed E-state index contributed by atoms with van der Waals surface area (Å²) in [6.45, 7) is 0. The number of aromatic nitrogens is 1. The predicted octanol–water partition coefficient (Wildman–Crippen LogP) is 2.90. The molecule has 90 valence electrons. The summed E-state index contributed by atoms with van der Waals surface area (Å²) in [5.41, 5.74) is 1.49. The van der Waals surface area contributed by atoms with Gasteiger partial charge in [0.2, 0.25) is 0 Å². The minimum Gasteiger partial charge on any atom is -0.464 e. The molecule has 0 saturated carbocycles. The number of hydrogen-bond acceptors (Lipinski definition) is 3. The largest absolute Gasteiger partial charge is 0.464 e. The number of ether oxygens (including phenoxy) is 1. The van der Waals surface area contributed by atoms with Gasteiger partial charge in [-0.15, -0.1) is 0 Å². The molecule has 0 radical (unpaired) electrons. The van der Waals surface area contributed by atoms with Crippen LogP contribution in [-0.4, -0.2) is 17.6 Å². The summed E-state index contributed by atoms with van der Waals surface area (Å²) in [5, 5.41) is 9.18. The third kappa shape index (κ3) is 2.03. The molecule has 0 aliphatic rings. The van der Waals surface area contributed by atoms with Crippen molar-refractivity contribution in [3.63, 3.8) is 0 Å². The second-order valence-corrected chi connectivity index (χ2v) is 4.36. The molecule has 5 heteroatoms. The highest BCUT2D eigenvalue weighted by Gasteiger charge is 2.15. The van der Waals surface area contributed by atoms with Crippen LogP contribution in [0.1, 0.15) is 16.1 Å². The van der Waals surface area contributed by atoms with E-state index >= 15 is 0 Å². The number of rotatable bonds is 2. The molecule has 0 fully saturated rings. The van der Waals surface area contributed by atoms with Gasteiger partial charge in [0.1, 0.15) is 11.8 Å². The van der Waals surface area contributed by atoms with Gasteiger partial charge in [0.15, 0.2) is 0 Å². The quantitative estimate of drug-likeness (QED) is 0.802. The summed E-state index contributed by atoms with van der Waals surface area (Å²) in [6.07, 6.45) is 1.72. The molecule has 0 amide bonds. The first-order valence-electron chi connectivity index (χ1n) is 5.13. The molecule has 0 atom stereocenters. The number of nitriles is 1. The second kappa shape index (κ2) is 5.07. The molecular formula is C13H9BrN2O2. The molecule has 18 heavy (non-hydrogen) atoms. The summed E-state index contributed by atoms with van der Waals surface area (Å²) in [4.78, 5) is 11.6. The predicted molar refractivity (Wildman–Crippen MR) is 69.5 cm³/mol. The van der Waals surface area contributed by atoms with Gasteiger partial charge in [-0.2, -0.15) is 5.26 Å². The molecule has 1 aromatic heterocycles. The van der Waals surface area contributed by atoms with Gasteiger partial charge in [0, 0.05) is 10.7 Å². The Morgan fingerprint density at radius 2 is 2.17 bits per heavy atom. The number of nitrogens with zero attached hydrogens (tertiary/aromatic N) is 2. The van der Waals surface area contributed by atoms with Crippen LogP contribution in [0, 0.1) is 11.3 Å². The Morgan fingerprint density at radius 1 is 1.39 bits per heavy atom. The van der Waals surface area contributed by atoms with Gasteiger partial charge < -0.3 is 9.30 Å². The number of hydrogen-bond donors (Lipinski definition) is 0. The van der Waals surface area contributed by atoms with Crippen molar-refractivity contribution < 1.29 is 9.53 Å². The zero-order valence-corrected chi connectivity index (χ0v) is 11.1. The van der Waals surface area contributed by atoms with Crippen LogP contribution in [0.5, 0.6) is 0 Å². The van der Waals surface area contributed by atoms with E-state index in [1.165, 1.54) is 7.11 Å². The maximum atomic E-state index is 11.6. The molecule has 4 nitrogen and oxygen atoms in total. The first kappa shape index (κ1) is 12.4. The molecule has 0 saturated heterocycles. The minimum atomic E-state index is -0.441. The molecule has 1 heterocycles. The summed E-state index contributed by atoms with van der Waals surface area (Å²) in [5.74, 6) is -0.441. The van der Waals surface area contributed by atoms with E-state index in [0.717, 1.165) is 0 Å². The van der Waals surface area contributed by atoms with Crippen LogP contribution in [0.4, 0.5) is 0 Å². The van der Waals surface area contributed by atoms with Crippen molar-refractivity contribution in [2.24, 2.45) is 0 Å². The Labute approximate surface area is 113 Å². The first-order valence-corrected chi connectivity index (χ1v) is 5.93. The van der Waals surface area contributed by atoms with Crippen molar-refractivity contribution in [2.45, 2.75) is 0 Å². The van der Waals surface area contributed by atoms with Gasteiger partial charge in [-0.25, -0.2) is 4.79 Å². The number of methoxy groups -OCH3 is 1. The first-order chi connectivity index (χ1) is 8.69. The molecule has 0 N–H and O–H groups in total. The average molecular weight is 305 g/mol. The number of esters is 1. The monoisotopic (exact) mass is 304 g/mol. The zero-order chi connectivity index (χ0) is 13.1. The van der Waals surface area contributed by atoms with E-state index < -0.39 is 5.97 Å². The number of benzene rings is 1. The van der Waals surface area contributed by atoms with Gasteiger partial charge in [0.05, 0.1) is 18.4 Å². The van der Waals surface area contributed by atoms with Crippen molar-refractivity contribution in [2.75, 3.05) is 7.11 Å². The number of halogens is 1. The van der Waals surface area contributed by atoms with E-state index in [1.807, 2.05) is 0 Å².